The molecule has 0 amide bonds. The summed E-state index contributed by atoms with van der Waals surface area (Å²) in [5.74, 6) is 3.49. The van der Waals surface area contributed by atoms with E-state index < -0.39 is 0 Å². The van der Waals surface area contributed by atoms with Crippen LogP contribution in [0.15, 0.2) is 16.7 Å². The summed E-state index contributed by atoms with van der Waals surface area (Å²) in [6.45, 7) is 2.25. The van der Waals surface area contributed by atoms with Crippen LogP contribution in [0.5, 0.6) is 0 Å². The van der Waals surface area contributed by atoms with Crippen molar-refractivity contribution in [3.63, 3.8) is 0 Å². The lowest BCUT2D eigenvalue weighted by Gasteiger charge is -2.07. The highest BCUT2D eigenvalue weighted by atomic mass is 16.4. The summed E-state index contributed by atoms with van der Waals surface area (Å²) >= 11 is 0. The van der Waals surface area contributed by atoms with Crippen LogP contribution in [0.4, 0.5) is 5.82 Å². The molecule has 2 aromatic rings. The predicted molar refractivity (Wildman–Crippen MR) is 75.4 cm³/mol. The third-order valence-corrected chi connectivity index (χ3v) is 4.96. The van der Waals surface area contributed by atoms with Crippen molar-refractivity contribution in [2.75, 3.05) is 5.73 Å². The lowest BCUT2D eigenvalue weighted by Crippen LogP contribution is -1.97. The molecular formula is C15H20N4O. The van der Waals surface area contributed by atoms with Crippen LogP contribution in [0.2, 0.25) is 0 Å². The van der Waals surface area contributed by atoms with Gasteiger partial charge in [-0.05, 0) is 32.1 Å². The van der Waals surface area contributed by atoms with Crippen LogP contribution in [0, 0.1) is 0 Å². The molecule has 20 heavy (non-hydrogen) atoms. The molecule has 2 atom stereocenters. The van der Waals surface area contributed by atoms with Gasteiger partial charge in [0.15, 0.2) is 5.89 Å². The molecule has 5 nitrogen and oxygen atoms in total. The largest absolute Gasteiger partial charge is 0.445 e. The predicted octanol–water partition coefficient (Wildman–Crippen LogP) is 3.08. The number of rotatable bonds is 3. The fourth-order valence-corrected chi connectivity index (χ4v) is 3.24. The number of nitrogens with one attached hydrogen (secondary N) is 1. The number of H-pyrrole nitrogens is 1. The third-order valence-electron chi connectivity index (χ3n) is 4.96. The number of nitrogens with two attached hydrogens (primary N) is 1. The summed E-state index contributed by atoms with van der Waals surface area (Å²) in [6.07, 6.45) is 7.72. The zero-order chi connectivity index (χ0) is 13.7. The first-order valence-corrected chi connectivity index (χ1v) is 7.41. The van der Waals surface area contributed by atoms with Gasteiger partial charge in [0.25, 0.3) is 0 Å². The quantitative estimate of drug-likeness (QED) is 0.899. The monoisotopic (exact) mass is 272 g/mol. The Morgan fingerprint density at radius 3 is 2.85 bits per heavy atom. The van der Waals surface area contributed by atoms with Crippen LogP contribution in [-0.2, 0) is 5.41 Å². The van der Waals surface area contributed by atoms with Gasteiger partial charge < -0.3 is 10.2 Å². The minimum absolute atomic E-state index is 0.265. The second-order valence-electron chi connectivity index (χ2n) is 6.58. The average Bonchev–Trinajstić information content (AvgIpc) is 2.90. The molecular weight excluding hydrogens is 252 g/mol. The molecule has 3 N–H and O–H groups in total. The van der Waals surface area contributed by atoms with Gasteiger partial charge in [-0.2, -0.15) is 5.10 Å². The fourth-order valence-electron chi connectivity index (χ4n) is 3.24. The number of hydrogen-bond donors (Lipinski definition) is 2. The Balaban J connectivity index is 1.49. The molecule has 2 unspecified atom stereocenters. The van der Waals surface area contributed by atoms with Gasteiger partial charge in [0, 0.05) is 29.0 Å². The van der Waals surface area contributed by atoms with E-state index in [4.69, 9.17) is 10.2 Å². The highest BCUT2D eigenvalue weighted by Gasteiger charge is 2.43. The summed E-state index contributed by atoms with van der Waals surface area (Å²) in [6, 6.07) is 1.94. The average molecular weight is 272 g/mol. The third kappa shape index (κ3) is 1.92. The van der Waals surface area contributed by atoms with Crippen molar-refractivity contribution in [2.45, 2.75) is 56.3 Å². The van der Waals surface area contributed by atoms with Gasteiger partial charge in [0.1, 0.15) is 11.6 Å². The molecule has 5 heteroatoms. The molecule has 0 bridgehead atoms. The maximum Gasteiger partial charge on any atom is 0.197 e. The van der Waals surface area contributed by atoms with Gasteiger partial charge in [-0.25, -0.2) is 4.98 Å². The minimum atomic E-state index is 0.265. The first-order chi connectivity index (χ1) is 9.64. The number of anilines is 1. The van der Waals surface area contributed by atoms with Crippen molar-refractivity contribution in [1.82, 2.24) is 15.2 Å². The van der Waals surface area contributed by atoms with E-state index >= 15 is 0 Å². The van der Waals surface area contributed by atoms with Crippen molar-refractivity contribution in [2.24, 2.45) is 0 Å². The van der Waals surface area contributed by atoms with Crippen molar-refractivity contribution in [3.05, 3.63) is 29.6 Å². The van der Waals surface area contributed by atoms with Crippen LogP contribution < -0.4 is 5.73 Å². The SMILES string of the molecule is CC1(c2cnc(C3CCC(c4cc(N)n[nH]4)C3)o2)CC1. The summed E-state index contributed by atoms with van der Waals surface area (Å²) in [7, 11) is 0. The van der Waals surface area contributed by atoms with E-state index in [9.17, 15) is 0 Å². The highest BCUT2D eigenvalue weighted by molar-refractivity contribution is 5.31. The highest BCUT2D eigenvalue weighted by Crippen LogP contribution is 2.49. The molecule has 0 spiro atoms. The van der Waals surface area contributed by atoms with Crippen LogP contribution >= 0.6 is 0 Å². The second-order valence-corrected chi connectivity index (χ2v) is 6.58. The van der Waals surface area contributed by atoms with Crippen molar-refractivity contribution >= 4 is 5.82 Å². The lowest BCUT2D eigenvalue weighted by molar-refractivity contribution is 0.395. The number of hydrogen-bond acceptors (Lipinski definition) is 4. The Morgan fingerprint density at radius 2 is 2.15 bits per heavy atom. The standard InChI is InChI=1S/C15H20N4O/c1-15(4-5-15)12-8-17-14(20-12)10-3-2-9(6-10)11-7-13(16)19-18-11/h7-10H,2-6H2,1H3,(H3,16,18,19). The van der Waals surface area contributed by atoms with E-state index in [1.165, 1.54) is 12.8 Å². The van der Waals surface area contributed by atoms with Gasteiger partial charge in [-0.3, -0.25) is 5.10 Å². The van der Waals surface area contributed by atoms with Gasteiger partial charge >= 0.3 is 0 Å². The molecule has 2 aliphatic rings. The topological polar surface area (TPSA) is 80.7 Å². The number of nitrogen functional groups attached to an aromatic ring is 1. The molecule has 2 fully saturated rings. The van der Waals surface area contributed by atoms with Crippen molar-refractivity contribution < 1.29 is 4.42 Å². The molecule has 0 aromatic carbocycles. The smallest absolute Gasteiger partial charge is 0.197 e. The van der Waals surface area contributed by atoms with Gasteiger partial charge in [0.05, 0.1) is 6.20 Å². The maximum atomic E-state index is 6.02. The van der Waals surface area contributed by atoms with Gasteiger partial charge in [-0.1, -0.05) is 6.92 Å². The van der Waals surface area contributed by atoms with Crippen molar-refractivity contribution in [1.29, 1.82) is 0 Å². The van der Waals surface area contributed by atoms with E-state index in [0.29, 0.717) is 17.7 Å². The van der Waals surface area contributed by atoms with Crippen molar-refractivity contribution in [3.8, 4) is 0 Å². The Kier molecular flexibility index (Phi) is 2.46. The Bertz CT molecular complexity index is 625. The van der Waals surface area contributed by atoms with E-state index in [-0.39, 0.29) is 5.41 Å². The Hall–Kier alpha value is -1.78. The molecule has 2 aliphatic carbocycles. The van der Waals surface area contributed by atoms with Gasteiger partial charge in [-0.15, -0.1) is 0 Å². The van der Waals surface area contributed by atoms with Crippen LogP contribution in [0.25, 0.3) is 0 Å². The van der Waals surface area contributed by atoms with E-state index in [1.807, 2.05) is 12.3 Å². The zero-order valence-electron chi connectivity index (χ0n) is 11.7. The molecule has 0 aliphatic heterocycles. The van der Waals surface area contributed by atoms with Gasteiger partial charge in [0.2, 0.25) is 0 Å². The summed E-state index contributed by atoms with van der Waals surface area (Å²) in [5.41, 5.74) is 7.09. The normalized spacial score (nSPS) is 27.9. The second kappa shape index (κ2) is 4.11. The molecule has 106 valence electrons. The fraction of sp³-hybridized carbons (Fsp3) is 0.600. The Labute approximate surface area is 118 Å². The molecule has 2 aromatic heterocycles. The molecule has 4 rings (SSSR count). The molecule has 2 heterocycles. The first kappa shape index (κ1) is 12.0. The minimum Gasteiger partial charge on any atom is -0.445 e. The number of nitrogens with zero attached hydrogens (tertiary/aromatic N) is 2. The first-order valence-electron chi connectivity index (χ1n) is 7.41. The lowest BCUT2D eigenvalue weighted by atomic mass is 10.0. The number of oxazole rings is 1. The van der Waals surface area contributed by atoms with Crippen LogP contribution in [-0.4, -0.2) is 15.2 Å². The number of aromatic amines is 1. The Morgan fingerprint density at radius 1 is 1.35 bits per heavy atom. The summed E-state index contributed by atoms with van der Waals surface area (Å²) in [5, 5.41) is 7.05. The van der Waals surface area contributed by atoms with E-state index in [0.717, 1.165) is 36.6 Å². The maximum absolute atomic E-state index is 6.02. The number of aromatic nitrogens is 3. The zero-order valence-corrected chi connectivity index (χ0v) is 11.7. The summed E-state index contributed by atoms with van der Waals surface area (Å²) < 4.78 is 6.02. The molecule has 2 saturated carbocycles. The molecule has 0 radical (unpaired) electrons. The summed E-state index contributed by atoms with van der Waals surface area (Å²) in [4.78, 5) is 4.52. The van der Waals surface area contributed by atoms with Crippen LogP contribution in [0.3, 0.4) is 0 Å². The van der Waals surface area contributed by atoms with E-state index in [1.54, 1.807) is 0 Å². The van der Waals surface area contributed by atoms with Crippen LogP contribution in [0.1, 0.15) is 68.2 Å². The molecule has 0 saturated heterocycles. The van der Waals surface area contributed by atoms with E-state index in [2.05, 4.69) is 22.1 Å².